The Balaban J connectivity index is 2.42. The van der Waals surface area contributed by atoms with Crippen molar-refractivity contribution >= 4 is 5.91 Å². The van der Waals surface area contributed by atoms with Crippen LogP contribution in [0.5, 0.6) is 0 Å². The summed E-state index contributed by atoms with van der Waals surface area (Å²) in [4.78, 5) is 13.9. The Morgan fingerprint density at radius 2 is 1.94 bits per heavy atom. The van der Waals surface area contributed by atoms with E-state index in [4.69, 9.17) is 5.73 Å². The van der Waals surface area contributed by atoms with Crippen LogP contribution in [0.25, 0.3) is 0 Å². The van der Waals surface area contributed by atoms with E-state index < -0.39 is 6.04 Å². The highest BCUT2D eigenvalue weighted by Gasteiger charge is 2.16. The summed E-state index contributed by atoms with van der Waals surface area (Å²) in [5.74, 6) is -0.0896. The highest BCUT2D eigenvalue weighted by molar-refractivity contribution is 5.82. The molecular weight excluding hydrogens is 226 g/mol. The zero-order valence-electron chi connectivity index (χ0n) is 11.4. The molecule has 4 nitrogen and oxygen atoms in total. The van der Waals surface area contributed by atoms with Crippen LogP contribution in [0.15, 0.2) is 30.3 Å². The van der Waals surface area contributed by atoms with Crippen LogP contribution in [0.2, 0.25) is 0 Å². The minimum absolute atomic E-state index is 0.0896. The summed E-state index contributed by atoms with van der Waals surface area (Å²) in [7, 11) is 3.96. The summed E-state index contributed by atoms with van der Waals surface area (Å²) in [6, 6.07) is 9.44. The summed E-state index contributed by atoms with van der Waals surface area (Å²) in [5, 5.41) is 2.93. The Bertz CT molecular complexity index is 365. The van der Waals surface area contributed by atoms with Gasteiger partial charge in [-0.1, -0.05) is 30.3 Å². The lowest BCUT2D eigenvalue weighted by Crippen LogP contribution is -2.48. The van der Waals surface area contributed by atoms with Gasteiger partial charge in [0.15, 0.2) is 0 Å². The largest absolute Gasteiger partial charge is 0.351 e. The van der Waals surface area contributed by atoms with Crippen LogP contribution in [0.1, 0.15) is 12.5 Å². The van der Waals surface area contributed by atoms with Crippen molar-refractivity contribution in [3.8, 4) is 0 Å². The summed E-state index contributed by atoms with van der Waals surface area (Å²) >= 11 is 0. The van der Waals surface area contributed by atoms with Gasteiger partial charge in [0.25, 0.3) is 0 Å². The van der Waals surface area contributed by atoms with E-state index in [1.807, 2.05) is 56.3 Å². The van der Waals surface area contributed by atoms with Gasteiger partial charge in [0.1, 0.15) is 0 Å². The molecule has 1 aromatic rings. The van der Waals surface area contributed by atoms with Crippen LogP contribution in [-0.2, 0) is 11.2 Å². The van der Waals surface area contributed by atoms with Gasteiger partial charge in [0, 0.05) is 12.6 Å². The third-order valence-electron chi connectivity index (χ3n) is 2.66. The molecule has 18 heavy (non-hydrogen) atoms. The lowest BCUT2D eigenvalue weighted by molar-refractivity contribution is -0.123. The van der Waals surface area contributed by atoms with E-state index in [9.17, 15) is 4.79 Å². The lowest BCUT2D eigenvalue weighted by atomic mass is 10.1. The van der Waals surface area contributed by atoms with Crippen LogP contribution in [0, 0.1) is 0 Å². The molecule has 4 heteroatoms. The number of likely N-dealkylation sites (N-methyl/N-ethyl adjacent to an activating group) is 1. The van der Waals surface area contributed by atoms with E-state index in [2.05, 4.69) is 5.32 Å². The van der Waals surface area contributed by atoms with Crippen molar-refractivity contribution in [1.82, 2.24) is 10.2 Å². The first-order chi connectivity index (χ1) is 8.49. The second-order valence-electron chi connectivity index (χ2n) is 4.97. The number of nitrogens with two attached hydrogens (primary N) is 1. The predicted octanol–water partition coefficient (Wildman–Crippen LogP) is 0.623. The molecule has 0 heterocycles. The highest BCUT2D eigenvalue weighted by atomic mass is 16.2. The van der Waals surface area contributed by atoms with Crippen molar-refractivity contribution in [1.29, 1.82) is 0 Å². The summed E-state index contributed by atoms with van der Waals surface area (Å²) in [6.45, 7) is 2.79. The molecule has 0 saturated heterocycles. The first-order valence-corrected chi connectivity index (χ1v) is 6.23. The molecule has 0 aliphatic carbocycles. The predicted molar refractivity (Wildman–Crippen MR) is 74.3 cm³/mol. The average Bonchev–Trinajstić information content (AvgIpc) is 2.28. The van der Waals surface area contributed by atoms with Crippen molar-refractivity contribution in [2.75, 3.05) is 20.6 Å². The number of amides is 1. The summed E-state index contributed by atoms with van der Waals surface area (Å²) in [5.41, 5.74) is 6.99. The number of carbonyl (C=O) groups excluding carboxylic acids is 1. The second-order valence-corrected chi connectivity index (χ2v) is 4.97. The van der Waals surface area contributed by atoms with Crippen molar-refractivity contribution in [2.24, 2.45) is 5.73 Å². The minimum atomic E-state index is -0.489. The number of nitrogens with one attached hydrogen (secondary N) is 1. The molecule has 100 valence electrons. The monoisotopic (exact) mass is 249 g/mol. The number of rotatable bonds is 6. The van der Waals surface area contributed by atoms with Crippen LogP contribution >= 0.6 is 0 Å². The molecule has 1 aromatic carbocycles. The Morgan fingerprint density at radius 1 is 1.33 bits per heavy atom. The van der Waals surface area contributed by atoms with Gasteiger partial charge in [-0.15, -0.1) is 0 Å². The Labute approximate surface area is 109 Å². The van der Waals surface area contributed by atoms with Gasteiger partial charge >= 0.3 is 0 Å². The van der Waals surface area contributed by atoms with Gasteiger partial charge in [-0.05, 0) is 33.0 Å². The van der Waals surface area contributed by atoms with E-state index in [0.29, 0.717) is 6.42 Å². The molecule has 1 rings (SSSR count). The van der Waals surface area contributed by atoms with Crippen LogP contribution in [-0.4, -0.2) is 43.5 Å². The summed E-state index contributed by atoms with van der Waals surface area (Å²) in [6.07, 6.45) is 0.571. The van der Waals surface area contributed by atoms with E-state index in [0.717, 1.165) is 12.1 Å². The number of hydrogen-bond acceptors (Lipinski definition) is 3. The highest BCUT2D eigenvalue weighted by Crippen LogP contribution is 2.02. The quantitative estimate of drug-likeness (QED) is 0.777. The third kappa shape index (κ3) is 5.29. The fourth-order valence-corrected chi connectivity index (χ4v) is 1.90. The molecule has 0 aromatic heterocycles. The van der Waals surface area contributed by atoms with Gasteiger partial charge in [0.2, 0.25) is 5.91 Å². The normalized spacial score (nSPS) is 14.3. The van der Waals surface area contributed by atoms with Crippen LogP contribution in [0.4, 0.5) is 0 Å². The molecule has 1 unspecified atom stereocenters. The van der Waals surface area contributed by atoms with Gasteiger partial charge in [-0.3, -0.25) is 4.79 Å². The maximum atomic E-state index is 11.9. The zero-order chi connectivity index (χ0) is 13.5. The van der Waals surface area contributed by atoms with Crippen LogP contribution in [0.3, 0.4) is 0 Å². The number of hydrogen-bond donors (Lipinski definition) is 2. The smallest absolute Gasteiger partial charge is 0.237 e. The molecular formula is C14H23N3O. The molecule has 0 bridgehead atoms. The number of benzene rings is 1. The second kappa shape index (κ2) is 7.13. The third-order valence-corrected chi connectivity index (χ3v) is 2.66. The van der Waals surface area contributed by atoms with Crippen molar-refractivity contribution in [2.45, 2.75) is 25.4 Å². The van der Waals surface area contributed by atoms with Gasteiger partial charge < -0.3 is 16.0 Å². The van der Waals surface area contributed by atoms with Crippen molar-refractivity contribution in [3.63, 3.8) is 0 Å². The molecule has 0 radical (unpaired) electrons. The molecule has 0 spiro atoms. The molecule has 0 aliphatic heterocycles. The van der Waals surface area contributed by atoms with E-state index in [-0.39, 0.29) is 11.9 Å². The molecule has 1 amide bonds. The Morgan fingerprint density at radius 3 is 2.50 bits per heavy atom. The fourth-order valence-electron chi connectivity index (χ4n) is 1.90. The van der Waals surface area contributed by atoms with E-state index in [1.54, 1.807) is 0 Å². The van der Waals surface area contributed by atoms with Gasteiger partial charge in [-0.2, -0.15) is 0 Å². The average molecular weight is 249 g/mol. The maximum Gasteiger partial charge on any atom is 0.237 e. The Hall–Kier alpha value is -1.39. The topological polar surface area (TPSA) is 58.4 Å². The van der Waals surface area contributed by atoms with E-state index >= 15 is 0 Å². The zero-order valence-corrected chi connectivity index (χ0v) is 11.4. The molecule has 2 atom stereocenters. The standard InChI is InChI=1S/C14H23N3O/c1-11(10-17(2)3)16-14(18)13(15)9-12-7-5-4-6-8-12/h4-8,11,13H,9-10,15H2,1-3H3,(H,16,18)/t11?,13-/m0/s1. The first-order valence-electron chi connectivity index (χ1n) is 6.23. The minimum Gasteiger partial charge on any atom is -0.351 e. The fraction of sp³-hybridized carbons (Fsp3) is 0.500. The maximum absolute atomic E-state index is 11.9. The van der Waals surface area contributed by atoms with Crippen LogP contribution < -0.4 is 11.1 Å². The lowest BCUT2D eigenvalue weighted by Gasteiger charge is -2.20. The first kappa shape index (κ1) is 14.7. The van der Waals surface area contributed by atoms with E-state index in [1.165, 1.54) is 0 Å². The molecule has 3 N–H and O–H groups in total. The van der Waals surface area contributed by atoms with Crippen molar-refractivity contribution in [3.05, 3.63) is 35.9 Å². The summed E-state index contributed by atoms with van der Waals surface area (Å²) < 4.78 is 0. The molecule has 0 saturated carbocycles. The Kier molecular flexibility index (Phi) is 5.82. The van der Waals surface area contributed by atoms with Crippen molar-refractivity contribution < 1.29 is 4.79 Å². The SMILES string of the molecule is CC(CN(C)C)NC(=O)[C@@H](N)Cc1ccccc1. The number of nitrogens with zero attached hydrogens (tertiary/aromatic N) is 1. The van der Waals surface area contributed by atoms with Gasteiger partial charge in [-0.25, -0.2) is 0 Å². The molecule has 0 aliphatic rings. The van der Waals surface area contributed by atoms with Gasteiger partial charge in [0.05, 0.1) is 6.04 Å². The molecule has 0 fully saturated rings. The number of carbonyl (C=O) groups is 1.